The van der Waals surface area contributed by atoms with E-state index in [2.05, 4.69) is 5.32 Å². The smallest absolute Gasteiger partial charge is 0.322 e. The zero-order valence-corrected chi connectivity index (χ0v) is 15.0. The number of halogens is 1. The lowest BCUT2D eigenvalue weighted by Crippen LogP contribution is -2.49. The molecule has 0 aliphatic carbocycles. The van der Waals surface area contributed by atoms with Crippen LogP contribution in [0.4, 0.5) is 14.9 Å². The van der Waals surface area contributed by atoms with Gasteiger partial charge in [-0.15, -0.1) is 0 Å². The van der Waals surface area contributed by atoms with E-state index < -0.39 is 5.82 Å². The van der Waals surface area contributed by atoms with E-state index in [-0.39, 0.29) is 29.6 Å². The van der Waals surface area contributed by atoms with Gasteiger partial charge in [-0.05, 0) is 43.0 Å². The number of amides is 3. The van der Waals surface area contributed by atoms with E-state index in [1.54, 1.807) is 23.1 Å². The monoisotopic (exact) mass is 367 g/mol. The Morgan fingerprint density at radius 2 is 1.67 bits per heavy atom. The summed E-state index contributed by atoms with van der Waals surface area (Å²) >= 11 is 0. The number of fused-ring (bicyclic) bond motifs is 4. The first kappa shape index (κ1) is 17.5. The summed E-state index contributed by atoms with van der Waals surface area (Å²) in [6, 6.07) is 15.0. The van der Waals surface area contributed by atoms with Crippen LogP contribution in [0, 0.1) is 11.7 Å². The molecule has 0 radical (unpaired) electrons. The maximum Gasteiger partial charge on any atom is 0.322 e. The molecule has 5 nitrogen and oxygen atoms in total. The number of hydrogen-bond acceptors (Lipinski definition) is 2. The van der Waals surface area contributed by atoms with Gasteiger partial charge in [0.2, 0.25) is 0 Å². The molecule has 6 heteroatoms. The van der Waals surface area contributed by atoms with Crippen molar-refractivity contribution < 1.29 is 14.0 Å². The molecule has 2 atom stereocenters. The minimum atomic E-state index is -0.452. The zero-order valence-electron chi connectivity index (χ0n) is 15.0. The van der Waals surface area contributed by atoms with E-state index in [4.69, 9.17) is 0 Å². The summed E-state index contributed by atoms with van der Waals surface area (Å²) in [4.78, 5) is 29.2. The predicted octanol–water partition coefficient (Wildman–Crippen LogP) is 3.59. The lowest BCUT2D eigenvalue weighted by molar-refractivity contribution is 0.0743. The Morgan fingerprint density at radius 1 is 0.926 bits per heavy atom. The van der Waals surface area contributed by atoms with Crippen molar-refractivity contribution in [3.8, 4) is 0 Å². The van der Waals surface area contributed by atoms with Crippen molar-refractivity contribution in [2.24, 2.45) is 5.92 Å². The second kappa shape index (κ2) is 7.39. The summed E-state index contributed by atoms with van der Waals surface area (Å²) in [5, 5.41) is 2.68. The maximum atomic E-state index is 13.9. The number of piperidine rings is 1. The number of urea groups is 1. The van der Waals surface area contributed by atoms with Crippen LogP contribution in [0.15, 0.2) is 54.6 Å². The van der Waals surface area contributed by atoms with Gasteiger partial charge in [0.05, 0.1) is 11.7 Å². The van der Waals surface area contributed by atoms with Crippen LogP contribution in [-0.2, 0) is 0 Å². The summed E-state index contributed by atoms with van der Waals surface area (Å²) in [6.07, 6.45) is 1.85. The molecule has 3 fully saturated rings. The number of hydrogen-bond donors (Lipinski definition) is 1. The maximum absolute atomic E-state index is 13.9. The van der Waals surface area contributed by atoms with Crippen molar-refractivity contribution in [1.82, 2.24) is 9.80 Å². The SMILES string of the molecule is O=C(c1ccccc1)N1C[C@@H]2CC[C@H](C1)N(C(=O)Nc1ccccc1F)C2. The molecule has 2 aromatic rings. The predicted molar refractivity (Wildman–Crippen MR) is 101 cm³/mol. The number of rotatable bonds is 2. The number of benzene rings is 2. The minimum Gasteiger partial charge on any atom is -0.336 e. The van der Waals surface area contributed by atoms with Crippen molar-refractivity contribution in [3.63, 3.8) is 0 Å². The number of carbonyl (C=O) groups is 2. The van der Waals surface area contributed by atoms with E-state index in [9.17, 15) is 14.0 Å². The van der Waals surface area contributed by atoms with Crippen LogP contribution >= 0.6 is 0 Å². The Balaban J connectivity index is 1.49. The Kier molecular flexibility index (Phi) is 4.79. The average Bonchev–Trinajstić information content (AvgIpc) is 3.02. The molecule has 140 valence electrons. The molecule has 0 aromatic heterocycles. The van der Waals surface area contributed by atoms with Gasteiger partial charge in [-0.25, -0.2) is 9.18 Å². The van der Waals surface area contributed by atoms with Crippen molar-refractivity contribution in [3.05, 3.63) is 66.0 Å². The van der Waals surface area contributed by atoms with Crippen LogP contribution in [0.3, 0.4) is 0 Å². The van der Waals surface area contributed by atoms with Gasteiger partial charge in [0.25, 0.3) is 5.91 Å². The van der Waals surface area contributed by atoms with Crippen LogP contribution in [-0.4, -0.2) is 47.4 Å². The van der Waals surface area contributed by atoms with E-state index in [0.29, 0.717) is 25.2 Å². The van der Waals surface area contributed by atoms with Crippen molar-refractivity contribution in [1.29, 1.82) is 0 Å². The van der Waals surface area contributed by atoms with Crippen LogP contribution in [0.2, 0.25) is 0 Å². The largest absolute Gasteiger partial charge is 0.336 e. The number of para-hydroxylation sites is 1. The first-order chi connectivity index (χ1) is 13.1. The third kappa shape index (κ3) is 3.65. The van der Waals surface area contributed by atoms with E-state index in [0.717, 1.165) is 12.8 Å². The third-order valence-electron chi connectivity index (χ3n) is 5.40. The highest BCUT2D eigenvalue weighted by atomic mass is 19.1. The van der Waals surface area contributed by atoms with Crippen molar-refractivity contribution in [2.45, 2.75) is 18.9 Å². The van der Waals surface area contributed by atoms with Gasteiger partial charge >= 0.3 is 6.03 Å². The van der Waals surface area contributed by atoms with Gasteiger partial charge in [0.1, 0.15) is 5.82 Å². The highest BCUT2D eigenvalue weighted by molar-refractivity contribution is 5.94. The fourth-order valence-corrected chi connectivity index (χ4v) is 4.01. The Labute approximate surface area is 157 Å². The number of nitrogens with one attached hydrogen (secondary N) is 1. The van der Waals surface area contributed by atoms with Gasteiger partial charge in [-0.2, -0.15) is 0 Å². The van der Waals surface area contributed by atoms with Gasteiger partial charge < -0.3 is 15.1 Å². The minimum absolute atomic E-state index is 0.00358. The van der Waals surface area contributed by atoms with Gasteiger partial charge in [-0.3, -0.25) is 4.79 Å². The standard InChI is InChI=1S/C21H22FN3O2/c22-18-8-4-5-9-19(18)23-21(27)25-13-15-10-11-17(25)14-24(12-15)20(26)16-6-2-1-3-7-16/h1-9,15,17H,10-14H2,(H,23,27)/t15-,17+/m0/s1. The van der Waals surface area contributed by atoms with Gasteiger partial charge in [0, 0.05) is 25.2 Å². The fraction of sp³-hybridized carbons (Fsp3) is 0.333. The molecule has 5 rings (SSSR count). The second-order valence-electron chi connectivity index (χ2n) is 7.24. The average molecular weight is 367 g/mol. The normalized spacial score (nSPS) is 21.7. The lowest BCUT2D eigenvalue weighted by atomic mass is 9.95. The molecule has 1 N–H and O–H groups in total. The molecule has 27 heavy (non-hydrogen) atoms. The van der Waals surface area contributed by atoms with Gasteiger partial charge in [0.15, 0.2) is 0 Å². The van der Waals surface area contributed by atoms with E-state index in [1.165, 1.54) is 6.07 Å². The molecular weight excluding hydrogens is 345 g/mol. The molecule has 3 aliphatic heterocycles. The third-order valence-corrected chi connectivity index (χ3v) is 5.40. The number of carbonyl (C=O) groups excluding carboxylic acids is 2. The summed E-state index contributed by atoms with van der Waals surface area (Å²) in [6.45, 7) is 1.74. The molecule has 0 unspecified atom stereocenters. The fourth-order valence-electron chi connectivity index (χ4n) is 4.01. The number of nitrogens with zero attached hydrogens (tertiary/aromatic N) is 2. The highest BCUT2D eigenvalue weighted by Gasteiger charge is 2.38. The molecule has 2 aromatic carbocycles. The van der Waals surface area contributed by atoms with Crippen molar-refractivity contribution >= 4 is 17.6 Å². The molecule has 3 saturated heterocycles. The summed E-state index contributed by atoms with van der Waals surface area (Å²) in [5.41, 5.74) is 0.848. The van der Waals surface area contributed by atoms with Crippen LogP contribution in [0.5, 0.6) is 0 Å². The quantitative estimate of drug-likeness (QED) is 0.882. The zero-order chi connectivity index (χ0) is 18.8. The second-order valence-corrected chi connectivity index (χ2v) is 7.24. The first-order valence-electron chi connectivity index (χ1n) is 9.28. The molecule has 3 heterocycles. The van der Waals surface area contributed by atoms with Crippen LogP contribution < -0.4 is 5.32 Å². The summed E-state index contributed by atoms with van der Waals surface area (Å²) in [7, 11) is 0. The Bertz CT molecular complexity index is 842. The molecule has 2 bridgehead atoms. The van der Waals surface area contributed by atoms with Crippen LogP contribution in [0.25, 0.3) is 0 Å². The molecule has 3 aliphatic rings. The Hall–Kier alpha value is -2.89. The molecule has 0 saturated carbocycles. The highest BCUT2D eigenvalue weighted by Crippen LogP contribution is 2.29. The Morgan fingerprint density at radius 3 is 2.44 bits per heavy atom. The summed E-state index contributed by atoms with van der Waals surface area (Å²) in [5.74, 6) is -0.210. The van der Waals surface area contributed by atoms with Gasteiger partial charge in [-0.1, -0.05) is 30.3 Å². The first-order valence-corrected chi connectivity index (χ1v) is 9.28. The van der Waals surface area contributed by atoms with Crippen molar-refractivity contribution in [2.75, 3.05) is 25.0 Å². The number of anilines is 1. The molecule has 3 amide bonds. The van der Waals surface area contributed by atoms with Crippen LogP contribution in [0.1, 0.15) is 23.2 Å². The topological polar surface area (TPSA) is 52.7 Å². The van der Waals surface area contributed by atoms with E-state index >= 15 is 0 Å². The molecule has 0 spiro atoms. The lowest BCUT2D eigenvalue weighted by Gasteiger charge is -2.36. The van der Waals surface area contributed by atoms with E-state index in [1.807, 2.05) is 35.2 Å². The molecular formula is C21H22FN3O2. The summed E-state index contributed by atoms with van der Waals surface area (Å²) < 4.78 is 13.9.